The molecule has 2 aromatic carbocycles. The van der Waals surface area contributed by atoms with Crippen molar-refractivity contribution in [3.8, 4) is 5.88 Å². The molecule has 0 saturated carbocycles. The van der Waals surface area contributed by atoms with E-state index in [1.807, 2.05) is 36.4 Å². The minimum absolute atomic E-state index is 0.110. The van der Waals surface area contributed by atoms with Crippen LogP contribution in [0.15, 0.2) is 54.6 Å². The van der Waals surface area contributed by atoms with E-state index in [4.69, 9.17) is 0 Å². The second-order valence-corrected chi connectivity index (χ2v) is 8.09. The van der Waals surface area contributed by atoms with Crippen LogP contribution in [0, 0.1) is 0 Å². The average molecular weight is 364 g/mol. The highest BCUT2D eigenvalue weighted by Crippen LogP contribution is 2.49. The van der Waals surface area contributed by atoms with Crippen LogP contribution < -0.4 is 4.90 Å². The number of aromatic nitrogens is 1. The molecule has 27 heavy (non-hydrogen) atoms. The average Bonchev–Trinajstić information content (AvgIpc) is 3.07. The molecule has 0 spiro atoms. The van der Waals surface area contributed by atoms with Crippen molar-refractivity contribution in [2.24, 2.45) is 0 Å². The molecule has 2 bridgehead atoms. The molecule has 2 aliphatic heterocycles. The smallest absolute Gasteiger partial charge is 0.249 e. The Hall–Kier alpha value is -2.66. The topological polar surface area (TPSA) is 68.9 Å². The zero-order chi connectivity index (χ0) is 18.6. The summed E-state index contributed by atoms with van der Waals surface area (Å²) in [4.78, 5) is 2.24. The number of hydrogen-bond acceptors (Lipinski definition) is 4. The van der Waals surface area contributed by atoms with E-state index < -0.39 is 5.60 Å². The van der Waals surface area contributed by atoms with Gasteiger partial charge in [0.25, 0.3) is 0 Å². The maximum atomic E-state index is 11.3. The Balaban J connectivity index is 1.49. The van der Waals surface area contributed by atoms with Gasteiger partial charge in [0, 0.05) is 23.9 Å². The minimum Gasteiger partial charge on any atom is -0.491 e. The van der Waals surface area contributed by atoms with Crippen LogP contribution in [0.4, 0.5) is 5.69 Å². The second kappa shape index (κ2) is 5.92. The molecular weight excluding hydrogens is 340 g/mol. The number of hydrogen-bond donors (Lipinski definition) is 3. The summed E-state index contributed by atoms with van der Waals surface area (Å²) in [5.74, 6) is -0.110. The molecule has 2 atom stereocenters. The lowest BCUT2D eigenvalue weighted by Crippen LogP contribution is -2.52. The van der Waals surface area contributed by atoms with Crippen LogP contribution in [0.1, 0.15) is 31.2 Å². The van der Waals surface area contributed by atoms with Gasteiger partial charge in [-0.2, -0.15) is 0 Å². The largest absolute Gasteiger partial charge is 0.491 e. The predicted molar refractivity (Wildman–Crippen MR) is 104 cm³/mol. The standard InChI is InChI=1S/C22H24N2O3/c25-21-20(18-8-4-5-9-19(18)24(21)27)23-16-10-11-17(23)14-22(26,13-16)12-15-6-2-1-3-7-15/h1-9,16-17,25-27H,10-14H2. The monoisotopic (exact) mass is 364 g/mol. The van der Waals surface area contributed by atoms with E-state index >= 15 is 0 Å². The van der Waals surface area contributed by atoms with Crippen LogP contribution in [-0.4, -0.2) is 37.8 Å². The number of para-hydroxylation sites is 1. The third kappa shape index (κ3) is 2.57. The van der Waals surface area contributed by atoms with Gasteiger partial charge >= 0.3 is 0 Å². The molecule has 1 aromatic heterocycles. The van der Waals surface area contributed by atoms with Gasteiger partial charge in [0.05, 0.1) is 11.1 Å². The maximum Gasteiger partial charge on any atom is 0.249 e. The molecule has 0 aliphatic carbocycles. The summed E-state index contributed by atoms with van der Waals surface area (Å²) in [5.41, 5.74) is 1.73. The van der Waals surface area contributed by atoms with Crippen molar-refractivity contribution in [2.45, 2.75) is 49.8 Å². The second-order valence-electron chi connectivity index (χ2n) is 8.09. The molecule has 0 amide bonds. The molecule has 2 unspecified atom stereocenters. The van der Waals surface area contributed by atoms with Crippen LogP contribution in [0.25, 0.3) is 10.9 Å². The molecule has 3 heterocycles. The van der Waals surface area contributed by atoms with Crippen molar-refractivity contribution in [3.63, 3.8) is 0 Å². The SMILES string of the molecule is Oc1c(N2C3CCC2CC(O)(Cc2ccccc2)C3)c2ccccc2n1O. The predicted octanol–water partition coefficient (Wildman–Crippen LogP) is 3.69. The summed E-state index contributed by atoms with van der Waals surface area (Å²) in [6.07, 6.45) is 3.98. The number of piperidine rings is 1. The Kier molecular flexibility index (Phi) is 3.62. The van der Waals surface area contributed by atoms with Gasteiger partial charge < -0.3 is 20.3 Å². The third-order valence-electron chi connectivity index (χ3n) is 6.29. The Morgan fingerprint density at radius 2 is 1.56 bits per heavy atom. The highest BCUT2D eigenvalue weighted by Gasteiger charge is 2.49. The summed E-state index contributed by atoms with van der Waals surface area (Å²) in [5, 5.41) is 33.1. The van der Waals surface area contributed by atoms with E-state index in [0.29, 0.717) is 30.5 Å². The molecule has 140 valence electrons. The summed E-state index contributed by atoms with van der Waals surface area (Å²) >= 11 is 0. The Morgan fingerprint density at radius 3 is 2.26 bits per heavy atom. The first-order valence-electron chi connectivity index (χ1n) is 9.62. The van der Waals surface area contributed by atoms with E-state index in [1.54, 1.807) is 6.07 Å². The van der Waals surface area contributed by atoms with Crippen molar-refractivity contribution in [1.29, 1.82) is 0 Å². The molecule has 5 rings (SSSR count). The fraction of sp³-hybridized carbons (Fsp3) is 0.364. The number of fused-ring (bicyclic) bond motifs is 3. The van der Waals surface area contributed by atoms with E-state index in [1.165, 1.54) is 0 Å². The molecule has 2 fully saturated rings. The molecule has 2 aliphatic rings. The van der Waals surface area contributed by atoms with Crippen LogP contribution in [0.5, 0.6) is 5.88 Å². The maximum absolute atomic E-state index is 11.3. The molecule has 3 N–H and O–H groups in total. The van der Waals surface area contributed by atoms with Crippen molar-refractivity contribution < 1.29 is 15.4 Å². The molecule has 0 radical (unpaired) electrons. The molecule has 5 nitrogen and oxygen atoms in total. The summed E-state index contributed by atoms with van der Waals surface area (Å²) in [6.45, 7) is 0. The molecule has 2 saturated heterocycles. The Morgan fingerprint density at radius 1 is 0.926 bits per heavy atom. The van der Waals surface area contributed by atoms with Gasteiger partial charge in [0.2, 0.25) is 5.88 Å². The molecular formula is C22H24N2O3. The van der Waals surface area contributed by atoms with Gasteiger partial charge in [-0.25, -0.2) is 0 Å². The zero-order valence-corrected chi connectivity index (χ0v) is 15.1. The van der Waals surface area contributed by atoms with E-state index in [2.05, 4.69) is 17.0 Å². The summed E-state index contributed by atoms with van der Waals surface area (Å²) in [6, 6.07) is 18.0. The van der Waals surface area contributed by atoms with Crippen molar-refractivity contribution in [1.82, 2.24) is 4.73 Å². The highest BCUT2D eigenvalue weighted by molar-refractivity contribution is 5.97. The van der Waals surface area contributed by atoms with Crippen molar-refractivity contribution in [3.05, 3.63) is 60.2 Å². The van der Waals surface area contributed by atoms with Gasteiger partial charge in [-0.15, -0.1) is 4.73 Å². The number of aliphatic hydroxyl groups is 1. The van der Waals surface area contributed by atoms with Crippen LogP contribution in [-0.2, 0) is 6.42 Å². The molecule has 5 heteroatoms. The fourth-order valence-corrected chi connectivity index (χ4v) is 5.26. The highest BCUT2D eigenvalue weighted by atomic mass is 16.5. The fourth-order valence-electron chi connectivity index (χ4n) is 5.26. The Labute approximate surface area is 158 Å². The van der Waals surface area contributed by atoms with Crippen LogP contribution in [0.3, 0.4) is 0 Å². The van der Waals surface area contributed by atoms with Gasteiger partial charge in [0.15, 0.2) is 0 Å². The Bertz CT molecular complexity index is 968. The van der Waals surface area contributed by atoms with Crippen molar-refractivity contribution >= 4 is 16.6 Å². The number of nitrogens with zero attached hydrogens (tertiary/aromatic N) is 2. The molecule has 3 aromatic rings. The normalized spacial score (nSPS) is 27.4. The quantitative estimate of drug-likeness (QED) is 0.620. The number of aromatic hydroxyl groups is 1. The number of anilines is 1. The van der Waals surface area contributed by atoms with Crippen LogP contribution in [0.2, 0.25) is 0 Å². The first-order chi connectivity index (χ1) is 13.1. The summed E-state index contributed by atoms with van der Waals surface area (Å²) in [7, 11) is 0. The van der Waals surface area contributed by atoms with E-state index in [0.717, 1.165) is 28.5 Å². The van der Waals surface area contributed by atoms with Crippen molar-refractivity contribution in [2.75, 3.05) is 4.90 Å². The summed E-state index contributed by atoms with van der Waals surface area (Å²) < 4.78 is 0.870. The third-order valence-corrected chi connectivity index (χ3v) is 6.29. The zero-order valence-electron chi connectivity index (χ0n) is 15.1. The minimum atomic E-state index is -0.725. The lowest BCUT2D eigenvalue weighted by molar-refractivity contribution is 0.00203. The van der Waals surface area contributed by atoms with Gasteiger partial charge in [-0.05, 0) is 37.3 Å². The van der Waals surface area contributed by atoms with E-state index in [9.17, 15) is 15.4 Å². The number of rotatable bonds is 3. The first-order valence-corrected chi connectivity index (χ1v) is 9.62. The van der Waals surface area contributed by atoms with Gasteiger partial charge in [0.1, 0.15) is 5.69 Å². The lowest BCUT2D eigenvalue weighted by Gasteiger charge is -2.45. The first kappa shape index (κ1) is 16.5. The van der Waals surface area contributed by atoms with E-state index in [-0.39, 0.29) is 18.0 Å². The number of benzene rings is 2. The lowest BCUT2D eigenvalue weighted by atomic mass is 9.81. The van der Waals surface area contributed by atoms with Gasteiger partial charge in [-0.3, -0.25) is 0 Å². The van der Waals surface area contributed by atoms with Gasteiger partial charge in [-0.1, -0.05) is 48.5 Å². The van der Waals surface area contributed by atoms with Crippen LogP contribution >= 0.6 is 0 Å².